The minimum absolute atomic E-state index is 0.211. The highest BCUT2D eigenvalue weighted by Crippen LogP contribution is 2.36. The molecule has 2 aromatic carbocycles. The predicted molar refractivity (Wildman–Crippen MR) is 121 cm³/mol. The highest BCUT2D eigenvalue weighted by molar-refractivity contribution is 5.99. The molecule has 1 heterocycles. The van der Waals surface area contributed by atoms with Gasteiger partial charge in [-0.3, -0.25) is 9.59 Å². The van der Waals surface area contributed by atoms with E-state index in [9.17, 15) is 14.4 Å². The molecule has 1 aliphatic carbocycles. The number of rotatable bonds is 4. The molecule has 0 unspecified atom stereocenters. The van der Waals surface area contributed by atoms with Crippen molar-refractivity contribution in [1.29, 1.82) is 0 Å². The number of ketones is 1. The summed E-state index contributed by atoms with van der Waals surface area (Å²) < 4.78 is 10.7. The Morgan fingerprint density at radius 1 is 0.969 bits per heavy atom. The van der Waals surface area contributed by atoms with Crippen LogP contribution in [0.2, 0.25) is 0 Å². The molecular weight excluding hydrogens is 406 g/mol. The Bertz CT molecular complexity index is 1040. The first-order valence-electron chi connectivity index (χ1n) is 11.1. The molecule has 168 valence electrons. The first kappa shape index (κ1) is 22.1. The molecule has 4 rings (SSSR count). The van der Waals surface area contributed by atoms with E-state index in [4.69, 9.17) is 9.47 Å². The first-order chi connectivity index (χ1) is 15.2. The highest BCUT2D eigenvalue weighted by Gasteiger charge is 2.31. The van der Waals surface area contributed by atoms with Gasteiger partial charge in [-0.15, -0.1) is 0 Å². The molecule has 0 spiro atoms. The molecule has 0 N–H and O–H groups in total. The van der Waals surface area contributed by atoms with Crippen molar-refractivity contribution in [3.05, 3.63) is 59.2 Å². The number of nitrogens with zero attached hydrogens (tertiary/aromatic N) is 1. The van der Waals surface area contributed by atoms with E-state index in [0.29, 0.717) is 31.5 Å². The van der Waals surface area contributed by atoms with Crippen molar-refractivity contribution in [1.82, 2.24) is 4.90 Å². The zero-order valence-electron chi connectivity index (χ0n) is 18.8. The van der Waals surface area contributed by atoms with Crippen LogP contribution < -0.4 is 0 Å². The quantitative estimate of drug-likeness (QED) is 0.441. The van der Waals surface area contributed by atoms with E-state index in [2.05, 4.69) is 12.1 Å². The summed E-state index contributed by atoms with van der Waals surface area (Å²) in [5.41, 5.74) is 4.70. The number of ether oxygens (including phenoxy) is 2. The maximum Gasteiger partial charge on any atom is 0.410 e. The summed E-state index contributed by atoms with van der Waals surface area (Å²) in [6, 6.07) is 13.9. The van der Waals surface area contributed by atoms with Gasteiger partial charge in [-0.05, 0) is 68.4 Å². The van der Waals surface area contributed by atoms with Gasteiger partial charge in [-0.25, -0.2) is 4.79 Å². The van der Waals surface area contributed by atoms with Crippen molar-refractivity contribution >= 4 is 17.8 Å². The van der Waals surface area contributed by atoms with E-state index in [-0.39, 0.29) is 30.4 Å². The standard InChI is InChI=1S/C26H29NO5/c1-26(2,3)32-25(30)27-12-10-17(11-13-27)24(29)31-16-23(28)20-9-8-19-14-18-6-4-5-7-21(18)22(19)15-20/h4-9,15,17H,10-14,16H2,1-3H3. The SMILES string of the molecule is CC(C)(C)OC(=O)N1CCC(C(=O)OCC(=O)c2ccc3c(c2)-c2ccccc2C3)CC1. The third-order valence-electron chi connectivity index (χ3n) is 5.95. The number of Topliss-reactive ketones (excluding diaryl/α,β-unsaturated/α-hetero) is 1. The van der Waals surface area contributed by atoms with Gasteiger partial charge in [0.2, 0.25) is 0 Å². The summed E-state index contributed by atoms with van der Waals surface area (Å²) in [5.74, 6) is -0.904. The Morgan fingerprint density at radius 2 is 1.66 bits per heavy atom. The molecule has 6 nitrogen and oxygen atoms in total. The van der Waals surface area contributed by atoms with Crippen LogP contribution in [0, 0.1) is 5.92 Å². The number of carbonyl (C=O) groups is 3. The van der Waals surface area contributed by atoms with Crippen molar-refractivity contribution in [2.45, 2.75) is 45.6 Å². The minimum Gasteiger partial charge on any atom is -0.457 e. The van der Waals surface area contributed by atoms with E-state index < -0.39 is 5.60 Å². The van der Waals surface area contributed by atoms with Gasteiger partial charge in [-0.1, -0.05) is 36.4 Å². The molecule has 1 amide bonds. The van der Waals surface area contributed by atoms with Crippen LogP contribution in [0.1, 0.15) is 55.1 Å². The van der Waals surface area contributed by atoms with Crippen molar-refractivity contribution in [2.75, 3.05) is 19.7 Å². The average Bonchev–Trinajstić information content (AvgIpc) is 3.14. The van der Waals surface area contributed by atoms with E-state index in [1.165, 1.54) is 11.1 Å². The zero-order valence-corrected chi connectivity index (χ0v) is 18.8. The number of amides is 1. The van der Waals surface area contributed by atoms with Crippen molar-refractivity contribution in [3.63, 3.8) is 0 Å². The normalized spacial score (nSPS) is 15.7. The molecule has 0 aromatic heterocycles. The van der Waals surface area contributed by atoms with Crippen LogP contribution in [0.25, 0.3) is 11.1 Å². The Hall–Kier alpha value is -3.15. The van der Waals surface area contributed by atoms with Gasteiger partial charge in [0.05, 0.1) is 5.92 Å². The molecule has 0 saturated carbocycles. The van der Waals surface area contributed by atoms with E-state index in [0.717, 1.165) is 17.5 Å². The Balaban J connectivity index is 1.29. The van der Waals surface area contributed by atoms with Crippen molar-refractivity contribution < 1.29 is 23.9 Å². The molecule has 0 radical (unpaired) electrons. The molecule has 1 fully saturated rings. The minimum atomic E-state index is -0.549. The highest BCUT2D eigenvalue weighted by atomic mass is 16.6. The van der Waals surface area contributed by atoms with Crippen LogP contribution >= 0.6 is 0 Å². The first-order valence-corrected chi connectivity index (χ1v) is 11.1. The van der Waals surface area contributed by atoms with Crippen LogP contribution in [-0.2, 0) is 20.7 Å². The van der Waals surface area contributed by atoms with Crippen LogP contribution in [0.5, 0.6) is 0 Å². The monoisotopic (exact) mass is 435 g/mol. The number of esters is 1. The summed E-state index contributed by atoms with van der Waals surface area (Å²) in [5, 5.41) is 0. The number of benzene rings is 2. The van der Waals surface area contributed by atoms with E-state index in [1.54, 1.807) is 11.0 Å². The second-order valence-corrected chi connectivity index (χ2v) is 9.48. The lowest BCUT2D eigenvalue weighted by Gasteiger charge is -2.32. The number of hydrogen-bond acceptors (Lipinski definition) is 5. The molecule has 2 aromatic rings. The second-order valence-electron chi connectivity index (χ2n) is 9.48. The number of likely N-dealkylation sites (tertiary alicyclic amines) is 1. The van der Waals surface area contributed by atoms with Gasteiger partial charge in [-0.2, -0.15) is 0 Å². The Kier molecular flexibility index (Phi) is 6.04. The smallest absolute Gasteiger partial charge is 0.410 e. The second kappa shape index (κ2) is 8.77. The van der Waals surface area contributed by atoms with Crippen LogP contribution in [0.3, 0.4) is 0 Å². The zero-order chi connectivity index (χ0) is 22.9. The predicted octanol–water partition coefficient (Wildman–Crippen LogP) is 4.63. The summed E-state index contributed by atoms with van der Waals surface area (Å²) in [6.45, 7) is 6.08. The van der Waals surface area contributed by atoms with E-state index in [1.807, 2.05) is 45.0 Å². The topological polar surface area (TPSA) is 72.9 Å². The maximum atomic E-state index is 12.7. The van der Waals surface area contributed by atoms with Crippen molar-refractivity contribution in [2.24, 2.45) is 5.92 Å². The van der Waals surface area contributed by atoms with Gasteiger partial charge in [0.15, 0.2) is 12.4 Å². The van der Waals surface area contributed by atoms with Crippen LogP contribution in [0.4, 0.5) is 4.79 Å². The summed E-state index contributed by atoms with van der Waals surface area (Å²) in [4.78, 5) is 38.9. The molecule has 32 heavy (non-hydrogen) atoms. The molecule has 1 aliphatic heterocycles. The summed E-state index contributed by atoms with van der Waals surface area (Å²) in [7, 11) is 0. The number of hydrogen-bond donors (Lipinski definition) is 0. The molecule has 1 saturated heterocycles. The van der Waals surface area contributed by atoms with Crippen LogP contribution in [0.15, 0.2) is 42.5 Å². The third-order valence-corrected chi connectivity index (χ3v) is 5.95. The molecule has 6 heteroatoms. The molecule has 0 bridgehead atoms. The fourth-order valence-electron chi connectivity index (χ4n) is 4.26. The van der Waals surface area contributed by atoms with Gasteiger partial charge in [0.25, 0.3) is 0 Å². The maximum absolute atomic E-state index is 12.7. The lowest BCUT2D eigenvalue weighted by molar-refractivity contribution is -0.149. The van der Waals surface area contributed by atoms with Gasteiger partial charge < -0.3 is 14.4 Å². The fourth-order valence-corrected chi connectivity index (χ4v) is 4.26. The fraction of sp³-hybridized carbons (Fsp3) is 0.423. The Labute approximate surface area is 188 Å². The van der Waals surface area contributed by atoms with Gasteiger partial charge in [0, 0.05) is 18.7 Å². The lowest BCUT2D eigenvalue weighted by Crippen LogP contribution is -2.43. The van der Waals surface area contributed by atoms with Crippen molar-refractivity contribution in [3.8, 4) is 11.1 Å². The summed E-state index contributed by atoms with van der Waals surface area (Å²) >= 11 is 0. The molecule has 0 atom stereocenters. The average molecular weight is 436 g/mol. The third kappa shape index (κ3) is 4.85. The van der Waals surface area contributed by atoms with E-state index >= 15 is 0 Å². The number of fused-ring (bicyclic) bond motifs is 3. The number of piperidine rings is 1. The van der Waals surface area contributed by atoms with Gasteiger partial charge >= 0.3 is 12.1 Å². The number of carbonyl (C=O) groups excluding carboxylic acids is 3. The molecular formula is C26H29NO5. The lowest BCUT2D eigenvalue weighted by atomic mass is 9.97. The van der Waals surface area contributed by atoms with Gasteiger partial charge in [0.1, 0.15) is 5.60 Å². The summed E-state index contributed by atoms with van der Waals surface area (Å²) in [6.07, 6.45) is 1.51. The molecule has 2 aliphatic rings. The largest absolute Gasteiger partial charge is 0.457 e. The Morgan fingerprint density at radius 3 is 2.38 bits per heavy atom. The van der Waals surface area contributed by atoms with Crippen LogP contribution in [-0.4, -0.2) is 48.0 Å².